The Morgan fingerprint density at radius 2 is 1.71 bits per heavy atom. The van der Waals surface area contributed by atoms with Crippen LogP contribution in [-0.2, 0) is 16.0 Å². The lowest BCUT2D eigenvalue weighted by Gasteiger charge is -2.35. The van der Waals surface area contributed by atoms with Crippen molar-refractivity contribution in [2.75, 3.05) is 5.32 Å². The van der Waals surface area contributed by atoms with Gasteiger partial charge in [-0.2, -0.15) is 0 Å². The van der Waals surface area contributed by atoms with Crippen LogP contribution in [0.5, 0.6) is 0 Å². The second-order valence-corrected chi connectivity index (χ2v) is 11.7. The van der Waals surface area contributed by atoms with Crippen molar-refractivity contribution in [3.63, 3.8) is 0 Å². The van der Waals surface area contributed by atoms with E-state index >= 15 is 0 Å². The third-order valence-corrected chi connectivity index (χ3v) is 7.49. The van der Waals surface area contributed by atoms with Gasteiger partial charge in [0.25, 0.3) is 0 Å². The molecule has 0 aliphatic heterocycles. The maximum atomic E-state index is 13.8. The molecule has 2 unspecified atom stereocenters. The van der Waals surface area contributed by atoms with Crippen molar-refractivity contribution in [3.8, 4) is 11.3 Å². The highest BCUT2D eigenvalue weighted by Gasteiger charge is 2.46. The number of allylic oxidation sites excluding steroid dienone is 3. The first-order valence-electron chi connectivity index (χ1n) is 13.9. The van der Waals surface area contributed by atoms with E-state index in [4.69, 9.17) is 4.42 Å². The van der Waals surface area contributed by atoms with E-state index in [1.165, 1.54) is 0 Å². The molecule has 0 bridgehead atoms. The van der Waals surface area contributed by atoms with Crippen LogP contribution < -0.4 is 5.32 Å². The van der Waals surface area contributed by atoms with Gasteiger partial charge in [-0.15, -0.1) is 0 Å². The molecule has 1 heterocycles. The predicted octanol–water partition coefficient (Wildman–Crippen LogP) is 8.54. The minimum atomic E-state index is -1.23. The van der Waals surface area contributed by atoms with Crippen molar-refractivity contribution in [2.45, 2.75) is 33.6 Å². The van der Waals surface area contributed by atoms with Crippen LogP contribution in [0.3, 0.4) is 0 Å². The Kier molecular flexibility index (Phi) is 7.80. The first kappa shape index (κ1) is 27.9. The van der Waals surface area contributed by atoms with Gasteiger partial charge in [0.15, 0.2) is 0 Å². The number of hydrogen-bond donors (Lipinski definition) is 2. The number of aliphatic carboxylic acids is 1. The van der Waals surface area contributed by atoms with Gasteiger partial charge >= 0.3 is 5.97 Å². The molecule has 0 fully saturated rings. The number of carboxylic acid groups (broad SMARTS) is 1. The van der Waals surface area contributed by atoms with E-state index < -0.39 is 17.3 Å². The van der Waals surface area contributed by atoms with Crippen molar-refractivity contribution in [2.24, 2.45) is 16.7 Å². The third kappa shape index (κ3) is 6.41. The molecule has 1 aliphatic carbocycles. The molecule has 0 saturated carbocycles. The van der Waals surface area contributed by atoms with Crippen molar-refractivity contribution >= 4 is 34.6 Å². The zero-order valence-electron chi connectivity index (χ0n) is 23.6. The summed E-state index contributed by atoms with van der Waals surface area (Å²) in [5.74, 6) is -1.60. The second kappa shape index (κ2) is 11.5. The molecule has 0 saturated heterocycles. The minimum Gasteiger partial charge on any atom is -0.481 e. The molecule has 2 atom stereocenters. The monoisotopic (exact) mass is 545 g/mol. The number of carbonyl (C=O) groups excluding carboxylic acids is 1. The number of anilines is 1. The van der Waals surface area contributed by atoms with Crippen LogP contribution in [0.1, 0.15) is 38.3 Å². The fraction of sp³-hybridized carbons (Fsp3) is 0.222. The number of carboxylic acids is 1. The van der Waals surface area contributed by atoms with E-state index in [1.807, 2.05) is 66.7 Å². The lowest BCUT2D eigenvalue weighted by atomic mass is 9.68. The summed E-state index contributed by atoms with van der Waals surface area (Å²) >= 11 is 0. The minimum absolute atomic E-state index is 0.0961. The average Bonchev–Trinajstić information content (AvgIpc) is 3.40. The fourth-order valence-corrected chi connectivity index (χ4v) is 5.13. The number of nitrogens with one attached hydrogen (secondary N) is 1. The highest BCUT2D eigenvalue weighted by molar-refractivity contribution is 6.00. The van der Waals surface area contributed by atoms with Gasteiger partial charge in [0.1, 0.15) is 11.3 Å². The van der Waals surface area contributed by atoms with Crippen molar-refractivity contribution in [1.29, 1.82) is 0 Å². The SMILES string of the molecule is CC(C)(C)C=Cc1ccc(CCC2(C(=O)Nc3ccc(-c4cc5ccccc5o4)cc3)C=CC=CC2C(=O)O)cc1. The smallest absolute Gasteiger partial charge is 0.311 e. The molecule has 4 aromatic rings. The standard InChI is InChI=1S/C36H35NO4/c1-35(2,3)22-19-25-11-13-26(14-12-25)20-23-36(21-7-6-9-30(36)33(38)39)34(40)37-29-17-15-27(16-18-29)32-24-28-8-4-5-10-31(28)41-32/h4-19,21-22,24,30H,20,23H2,1-3H3,(H,37,40)(H,38,39). The molecule has 2 N–H and O–H groups in total. The van der Waals surface area contributed by atoms with Crippen LogP contribution in [0.25, 0.3) is 28.4 Å². The molecule has 5 heteroatoms. The number of rotatable bonds is 8. The summed E-state index contributed by atoms with van der Waals surface area (Å²) in [4.78, 5) is 26.2. The highest BCUT2D eigenvalue weighted by Crippen LogP contribution is 2.40. The van der Waals surface area contributed by atoms with E-state index in [1.54, 1.807) is 24.3 Å². The summed E-state index contributed by atoms with van der Waals surface area (Å²) in [6.07, 6.45) is 12.0. The summed E-state index contributed by atoms with van der Waals surface area (Å²) in [6.45, 7) is 6.47. The molecule has 41 heavy (non-hydrogen) atoms. The molecule has 1 amide bonds. The Hall–Kier alpha value is -4.64. The van der Waals surface area contributed by atoms with Gasteiger partial charge in [0, 0.05) is 16.6 Å². The predicted molar refractivity (Wildman–Crippen MR) is 165 cm³/mol. The molecule has 208 valence electrons. The molecule has 0 spiro atoms. The van der Waals surface area contributed by atoms with Crippen molar-refractivity contribution in [3.05, 3.63) is 120 Å². The Labute approximate surface area is 240 Å². The molecule has 5 nitrogen and oxygen atoms in total. The quantitative estimate of drug-likeness (QED) is 0.232. The number of para-hydroxylation sites is 1. The maximum absolute atomic E-state index is 13.8. The van der Waals surface area contributed by atoms with Crippen molar-refractivity contribution in [1.82, 2.24) is 0 Å². The van der Waals surface area contributed by atoms with E-state index in [9.17, 15) is 14.7 Å². The number of amides is 1. The summed E-state index contributed by atoms with van der Waals surface area (Å²) < 4.78 is 5.96. The Balaban J connectivity index is 1.34. The number of furan rings is 1. The van der Waals surface area contributed by atoms with Gasteiger partial charge in [-0.05, 0) is 65.8 Å². The average molecular weight is 546 g/mol. The summed E-state index contributed by atoms with van der Waals surface area (Å²) in [7, 11) is 0. The first-order chi connectivity index (χ1) is 19.6. The molecule has 1 aromatic heterocycles. The molecule has 3 aromatic carbocycles. The van der Waals surface area contributed by atoms with E-state index in [2.05, 4.69) is 50.4 Å². The van der Waals surface area contributed by atoms with E-state index in [0.29, 0.717) is 18.5 Å². The van der Waals surface area contributed by atoms with Gasteiger partial charge in [-0.1, -0.05) is 99.7 Å². The summed E-state index contributed by atoms with van der Waals surface area (Å²) in [6, 6.07) is 25.4. The van der Waals surface area contributed by atoms with Gasteiger partial charge < -0.3 is 14.8 Å². The van der Waals surface area contributed by atoms with Gasteiger partial charge in [0.2, 0.25) is 5.91 Å². The van der Waals surface area contributed by atoms with Crippen LogP contribution in [0.4, 0.5) is 5.69 Å². The lowest BCUT2D eigenvalue weighted by Crippen LogP contribution is -2.45. The van der Waals surface area contributed by atoms with Crippen LogP contribution in [0.15, 0.2) is 114 Å². The second-order valence-electron chi connectivity index (χ2n) is 11.7. The van der Waals surface area contributed by atoms with Crippen LogP contribution in [-0.4, -0.2) is 17.0 Å². The Bertz CT molecular complexity index is 1600. The van der Waals surface area contributed by atoms with Crippen molar-refractivity contribution < 1.29 is 19.1 Å². The number of hydrogen-bond acceptors (Lipinski definition) is 3. The molecular formula is C36H35NO4. The largest absolute Gasteiger partial charge is 0.481 e. The normalized spacial score (nSPS) is 18.7. The summed E-state index contributed by atoms with van der Waals surface area (Å²) in [5, 5.41) is 14.1. The maximum Gasteiger partial charge on any atom is 0.311 e. The molecule has 5 rings (SSSR count). The van der Waals surface area contributed by atoms with E-state index in [0.717, 1.165) is 33.4 Å². The zero-order valence-corrected chi connectivity index (χ0v) is 23.6. The highest BCUT2D eigenvalue weighted by atomic mass is 16.4. The van der Waals surface area contributed by atoms with E-state index in [-0.39, 0.29) is 11.3 Å². The Morgan fingerprint density at radius 1 is 0.976 bits per heavy atom. The fourth-order valence-electron chi connectivity index (χ4n) is 5.13. The first-order valence-corrected chi connectivity index (χ1v) is 13.9. The van der Waals surface area contributed by atoms with Crippen LogP contribution in [0.2, 0.25) is 0 Å². The number of aryl methyl sites for hydroxylation is 1. The molecule has 1 aliphatic rings. The Morgan fingerprint density at radius 3 is 2.39 bits per heavy atom. The van der Waals surface area contributed by atoms with Gasteiger partial charge in [-0.25, -0.2) is 0 Å². The van der Waals surface area contributed by atoms with Gasteiger partial charge in [-0.3, -0.25) is 9.59 Å². The van der Waals surface area contributed by atoms with Gasteiger partial charge in [0.05, 0.1) is 11.3 Å². The molecular weight excluding hydrogens is 510 g/mol. The number of benzene rings is 3. The summed E-state index contributed by atoms with van der Waals surface area (Å²) in [5.41, 5.74) is 3.31. The molecule has 0 radical (unpaired) electrons. The number of carbonyl (C=O) groups is 2. The zero-order chi connectivity index (χ0) is 29.0. The number of fused-ring (bicyclic) bond motifs is 1. The lowest BCUT2D eigenvalue weighted by molar-refractivity contribution is -0.147. The topological polar surface area (TPSA) is 79.5 Å². The van der Waals surface area contributed by atoms with Crippen LogP contribution >= 0.6 is 0 Å². The third-order valence-electron chi connectivity index (χ3n) is 7.49. The van der Waals surface area contributed by atoms with Crippen LogP contribution in [0, 0.1) is 16.7 Å².